The number of carbonyl (C=O) groups excluding carboxylic acids is 2. The third-order valence-electron chi connectivity index (χ3n) is 4.25. The van der Waals surface area contributed by atoms with E-state index >= 15 is 0 Å². The molecule has 1 aromatic heterocycles. The van der Waals surface area contributed by atoms with Gasteiger partial charge in [0.15, 0.2) is 5.69 Å². The van der Waals surface area contributed by atoms with E-state index in [1.807, 2.05) is 0 Å². The summed E-state index contributed by atoms with van der Waals surface area (Å²) in [5.41, 5.74) is 2.84. The highest BCUT2D eigenvalue weighted by molar-refractivity contribution is 6.30. The maximum Gasteiger partial charge on any atom is 0.272 e. The number of nitrogens with zero attached hydrogens (tertiary/aromatic N) is 1. The molecule has 24 heavy (non-hydrogen) atoms. The van der Waals surface area contributed by atoms with Gasteiger partial charge in [-0.2, -0.15) is 5.10 Å². The van der Waals surface area contributed by atoms with Crippen LogP contribution in [0.4, 0.5) is 5.69 Å². The number of benzene rings is 1. The smallest absolute Gasteiger partial charge is 0.272 e. The van der Waals surface area contributed by atoms with Crippen LogP contribution >= 0.6 is 11.6 Å². The Balaban J connectivity index is 1.51. The zero-order valence-corrected chi connectivity index (χ0v) is 13.4. The fourth-order valence-electron chi connectivity index (χ4n) is 3.03. The first-order valence-electron chi connectivity index (χ1n) is 7.72. The monoisotopic (exact) mass is 346 g/mol. The first-order chi connectivity index (χ1) is 11.6. The number of halogens is 1. The minimum atomic E-state index is -0.808. The molecule has 0 unspecified atom stereocenters. The first kappa shape index (κ1) is 15.0. The largest absolute Gasteiger partial charge is 0.489 e. The van der Waals surface area contributed by atoms with Gasteiger partial charge in [-0.25, -0.2) is 0 Å². The van der Waals surface area contributed by atoms with Gasteiger partial charge in [-0.3, -0.25) is 14.7 Å². The van der Waals surface area contributed by atoms with Crippen LogP contribution in [0.3, 0.4) is 0 Å². The Hall–Kier alpha value is -2.54. The topological polar surface area (TPSA) is 96.1 Å². The Morgan fingerprint density at radius 1 is 1.38 bits per heavy atom. The van der Waals surface area contributed by atoms with Crippen molar-refractivity contribution >= 4 is 29.1 Å². The van der Waals surface area contributed by atoms with Gasteiger partial charge in [-0.05, 0) is 31.4 Å². The van der Waals surface area contributed by atoms with Crippen LogP contribution in [0, 0.1) is 0 Å². The number of aromatic nitrogens is 2. The van der Waals surface area contributed by atoms with E-state index in [-0.39, 0.29) is 18.4 Å². The Morgan fingerprint density at radius 2 is 2.25 bits per heavy atom. The van der Waals surface area contributed by atoms with Crippen molar-refractivity contribution in [2.75, 3.05) is 11.9 Å². The minimum Gasteiger partial charge on any atom is -0.489 e. The van der Waals surface area contributed by atoms with Crippen molar-refractivity contribution in [2.24, 2.45) is 0 Å². The van der Waals surface area contributed by atoms with E-state index in [4.69, 9.17) is 16.3 Å². The molecule has 8 heteroatoms. The molecule has 1 aliphatic carbocycles. The standard InChI is InChI=1S/C16H15ClN4O3/c17-8-4-5-11-13(6-8)24-7-12(15(22)18-11)19-16(23)14-9-2-1-3-10(9)20-21-14/h4-6,12H,1-3,7H2,(H,18,22)(H,19,23)(H,20,21)/t12-/m0/s1. The van der Waals surface area contributed by atoms with Crippen LogP contribution in [-0.2, 0) is 17.6 Å². The van der Waals surface area contributed by atoms with Crippen LogP contribution in [0.5, 0.6) is 5.75 Å². The summed E-state index contributed by atoms with van der Waals surface area (Å²) < 4.78 is 5.61. The van der Waals surface area contributed by atoms with Crippen molar-refractivity contribution < 1.29 is 14.3 Å². The zero-order valence-electron chi connectivity index (χ0n) is 12.7. The van der Waals surface area contributed by atoms with Gasteiger partial charge in [0.1, 0.15) is 18.4 Å². The Labute approximate surface area is 142 Å². The number of carbonyl (C=O) groups is 2. The van der Waals surface area contributed by atoms with Gasteiger partial charge in [0.25, 0.3) is 11.8 Å². The van der Waals surface area contributed by atoms with Gasteiger partial charge in [0, 0.05) is 22.3 Å². The lowest BCUT2D eigenvalue weighted by molar-refractivity contribution is -0.118. The van der Waals surface area contributed by atoms with Gasteiger partial charge in [-0.1, -0.05) is 11.6 Å². The number of aryl methyl sites for hydroxylation is 1. The lowest BCUT2D eigenvalue weighted by Gasteiger charge is -2.14. The van der Waals surface area contributed by atoms with E-state index < -0.39 is 6.04 Å². The van der Waals surface area contributed by atoms with Crippen molar-refractivity contribution in [2.45, 2.75) is 25.3 Å². The summed E-state index contributed by atoms with van der Waals surface area (Å²) in [6.07, 6.45) is 2.73. The molecule has 0 saturated carbocycles. The second kappa shape index (κ2) is 5.83. The third kappa shape index (κ3) is 2.60. The van der Waals surface area contributed by atoms with Crippen LogP contribution in [0.1, 0.15) is 28.2 Å². The molecule has 2 aliphatic rings. The Morgan fingerprint density at radius 3 is 3.12 bits per heavy atom. The summed E-state index contributed by atoms with van der Waals surface area (Å²) in [6.45, 7) is 0.0253. The molecule has 2 amide bonds. The molecule has 0 fully saturated rings. The molecule has 0 bridgehead atoms. The zero-order chi connectivity index (χ0) is 16.7. The first-order valence-corrected chi connectivity index (χ1v) is 8.10. The van der Waals surface area contributed by atoms with Gasteiger partial charge < -0.3 is 15.4 Å². The fourth-order valence-corrected chi connectivity index (χ4v) is 3.19. The highest BCUT2D eigenvalue weighted by Gasteiger charge is 2.29. The average Bonchev–Trinajstić information content (AvgIpc) is 3.12. The number of hydrogen-bond acceptors (Lipinski definition) is 4. The second-order valence-electron chi connectivity index (χ2n) is 5.85. The summed E-state index contributed by atoms with van der Waals surface area (Å²) >= 11 is 5.93. The lowest BCUT2D eigenvalue weighted by Crippen LogP contribution is -2.46. The molecule has 0 spiro atoms. The Bertz CT molecular complexity index is 833. The molecule has 0 saturated heterocycles. The highest BCUT2D eigenvalue weighted by Crippen LogP contribution is 2.30. The van der Waals surface area contributed by atoms with E-state index in [9.17, 15) is 9.59 Å². The lowest BCUT2D eigenvalue weighted by atomic mass is 10.2. The molecule has 0 radical (unpaired) electrons. The molecule has 7 nitrogen and oxygen atoms in total. The van der Waals surface area contributed by atoms with Crippen LogP contribution in [0.15, 0.2) is 18.2 Å². The number of rotatable bonds is 2. The highest BCUT2D eigenvalue weighted by atomic mass is 35.5. The summed E-state index contributed by atoms with van der Waals surface area (Å²) in [6, 6.07) is 4.15. The van der Waals surface area contributed by atoms with Crippen molar-refractivity contribution in [1.29, 1.82) is 0 Å². The maximum absolute atomic E-state index is 12.5. The molecule has 4 rings (SSSR count). The Kier molecular flexibility index (Phi) is 3.65. The maximum atomic E-state index is 12.5. The van der Waals surface area contributed by atoms with E-state index in [2.05, 4.69) is 20.8 Å². The number of nitrogens with one attached hydrogen (secondary N) is 3. The van der Waals surface area contributed by atoms with Crippen LogP contribution < -0.4 is 15.4 Å². The summed E-state index contributed by atoms with van der Waals surface area (Å²) in [4.78, 5) is 24.8. The van der Waals surface area contributed by atoms with Crippen LogP contribution in [-0.4, -0.2) is 34.7 Å². The van der Waals surface area contributed by atoms with Crippen LogP contribution in [0.25, 0.3) is 0 Å². The predicted octanol–water partition coefficient (Wildman–Crippen LogP) is 1.68. The number of aromatic amines is 1. The van der Waals surface area contributed by atoms with E-state index in [1.165, 1.54) is 0 Å². The molecule has 1 aromatic carbocycles. The van der Waals surface area contributed by atoms with Gasteiger partial charge in [-0.15, -0.1) is 0 Å². The van der Waals surface area contributed by atoms with Crippen molar-refractivity contribution in [1.82, 2.24) is 15.5 Å². The number of ether oxygens (including phenoxy) is 1. The fraction of sp³-hybridized carbons (Fsp3) is 0.312. The molecule has 2 heterocycles. The van der Waals surface area contributed by atoms with E-state index in [0.29, 0.717) is 22.2 Å². The van der Waals surface area contributed by atoms with Crippen molar-refractivity contribution in [3.8, 4) is 5.75 Å². The van der Waals surface area contributed by atoms with Crippen LogP contribution in [0.2, 0.25) is 5.02 Å². The second-order valence-corrected chi connectivity index (χ2v) is 6.29. The van der Waals surface area contributed by atoms with E-state index in [0.717, 1.165) is 30.5 Å². The number of fused-ring (bicyclic) bond motifs is 2. The molecule has 124 valence electrons. The number of H-pyrrole nitrogens is 1. The van der Waals surface area contributed by atoms with Gasteiger partial charge in [0.2, 0.25) is 0 Å². The predicted molar refractivity (Wildman–Crippen MR) is 87.4 cm³/mol. The normalized spacial score (nSPS) is 18.9. The average molecular weight is 347 g/mol. The number of hydrogen-bond donors (Lipinski definition) is 3. The quantitative estimate of drug-likeness (QED) is 0.770. The molecule has 1 atom stereocenters. The molecular weight excluding hydrogens is 332 g/mol. The third-order valence-corrected chi connectivity index (χ3v) is 4.49. The minimum absolute atomic E-state index is 0.0253. The molecule has 1 aliphatic heterocycles. The molecule has 3 N–H and O–H groups in total. The van der Waals surface area contributed by atoms with Crippen molar-refractivity contribution in [3.05, 3.63) is 40.2 Å². The number of amides is 2. The molecular formula is C16H15ClN4O3. The SMILES string of the molecule is O=C(N[C@H]1COc2cc(Cl)ccc2NC1=O)c1n[nH]c2c1CCC2. The van der Waals surface area contributed by atoms with Gasteiger partial charge >= 0.3 is 0 Å². The summed E-state index contributed by atoms with van der Waals surface area (Å²) in [5.74, 6) is -0.230. The molecule has 2 aromatic rings. The van der Waals surface area contributed by atoms with Crippen molar-refractivity contribution in [3.63, 3.8) is 0 Å². The van der Waals surface area contributed by atoms with Gasteiger partial charge in [0.05, 0.1) is 5.69 Å². The van der Waals surface area contributed by atoms with E-state index in [1.54, 1.807) is 18.2 Å². The summed E-state index contributed by atoms with van der Waals surface area (Å²) in [7, 11) is 0. The summed E-state index contributed by atoms with van der Waals surface area (Å²) in [5, 5.41) is 12.9. The number of anilines is 1.